The summed E-state index contributed by atoms with van der Waals surface area (Å²) in [6, 6.07) is 16.3. The Morgan fingerprint density at radius 1 is 0.917 bits per heavy atom. The molecule has 0 aliphatic carbocycles. The monoisotopic (exact) mass is 328 g/mol. The molecule has 0 heterocycles. The Balaban J connectivity index is 1.89. The highest BCUT2D eigenvalue weighted by Crippen LogP contribution is 2.25. The van der Waals surface area contributed by atoms with Crippen LogP contribution in [0.15, 0.2) is 48.5 Å². The average Bonchev–Trinajstić information content (AvgIpc) is 2.54. The molecular formula is C21H28O3. The van der Waals surface area contributed by atoms with E-state index in [9.17, 15) is 0 Å². The first-order chi connectivity index (χ1) is 11.4. The molecule has 2 aromatic carbocycles. The number of hydrogen-bond acceptors (Lipinski definition) is 3. The van der Waals surface area contributed by atoms with Crippen LogP contribution in [0.4, 0.5) is 0 Å². The molecule has 0 saturated carbocycles. The number of aliphatic hydroxyl groups excluding tert-OH is 1. The summed E-state index contributed by atoms with van der Waals surface area (Å²) in [6.45, 7) is 9.05. The maximum Gasteiger partial charge on any atom is 0.119 e. The van der Waals surface area contributed by atoms with E-state index in [0.717, 1.165) is 17.9 Å². The Morgan fingerprint density at radius 2 is 1.50 bits per heavy atom. The van der Waals surface area contributed by atoms with Crippen LogP contribution in [0.2, 0.25) is 0 Å². The number of benzene rings is 2. The molecule has 1 N–H and O–H groups in total. The zero-order valence-electron chi connectivity index (χ0n) is 15.1. The van der Waals surface area contributed by atoms with Crippen LogP contribution in [0.25, 0.3) is 0 Å². The predicted octanol–water partition coefficient (Wildman–Crippen LogP) is 4.37. The highest BCUT2D eigenvalue weighted by atomic mass is 16.5. The lowest BCUT2D eigenvalue weighted by atomic mass is 9.87. The van der Waals surface area contributed by atoms with Crippen molar-refractivity contribution in [3.8, 4) is 11.5 Å². The third kappa shape index (κ3) is 5.57. The third-order valence-electron chi connectivity index (χ3n) is 3.86. The van der Waals surface area contributed by atoms with Crippen LogP contribution in [0, 0.1) is 0 Å². The first-order valence-corrected chi connectivity index (χ1v) is 8.48. The highest BCUT2D eigenvalue weighted by Gasteiger charge is 2.13. The Kier molecular flexibility index (Phi) is 6.27. The van der Waals surface area contributed by atoms with Gasteiger partial charge in [-0.1, -0.05) is 45.0 Å². The van der Waals surface area contributed by atoms with Gasteiger partial charge in [-0.05, 0) is 47.7 Å². The summed E-state index contributed by atoms with van der Waals surface area (Å²) in [5, 5.41) is 8.76. The smallest absolute Gasteiger partial charge is 0.119 e. The zero-order valence-corrected chi connectivity index (χ0v) is 15.1. The van der Waals surface area contributed by atoms with Crippen LogP contribution in [-0.4, -0.2) is 24.4 Å². The van der Waals surface area contributed by atoms with Gasteiger partial charge in [0, 0.05) is 6.42 Å². The van der Waals surface area contributed by atoms with Gasteiger partial charge in [0.05, 0.1) is 12.7 Å². The minimum atomic E-state index is 0.0284. The van der Waals surface area contributed by atoms with Crippen molar-refractivity contribution in [3.05, 3.63) is 59.7 Å². The summed E-state index contributed by atoms with van der Waals surface area (Å²) >= 11 is 0. The summed E-state index contributed by atoms with van der Waals surface area (Å²) in [7, 11) is 0. The van der Waals surface area contributed by atoms with Crippen molar-refractivity contribution in [2.75, 3.05) is 13.2 Å². The second-order valence-electron chi connectivity index (χ2n) is 7.12. The average molecular weight is 328 g/mol. The van der Waals surface area contributed by atoms with E-state index in [-0.39, 0.29) is 18.1 Å². The van der Waals surface area contributed by atoms with E-state index in [4.69, 9.17) is 14.6 Å². The molecule has 0 fully saturated rings. The van der Waals surface area contributed by atoms with Gasteiger partial charge in [-0.15, -0.1) is 0 Å². The van der Waals surface area contributed by atoms with Gasteiger partial charge in [0.25, 0.3) is 0 Å². The summed E-state index contributed by atoms with van der Waals surface area (Å²) in [5.74, 6) is 1.68. The Labute approximate surface area is 145 Å². The van der Waals surface area contributed by atoms with E-state index in [1.807, 2.05) is 36.4 Å². The lowest BCUT2D eigenvalue weighted by Crippen LogP contribution is -2.15. The normalized spacial score (nSPS) is 12.7. The molecule has 0 aliphatic rings. The summed E-state index contributed by atoms with van der Waals surface area (Å²) < 4.78 is 11.4. The summed E-state index contributed by atoms with van der Waals surface area (Å²) in [4.78, 5) is 0. The van der Waals surface area contributed by atoms with E-state index in [1.165, 1.54) is 11.1 Å². The Hall–Kier alpha value is -2.00. The number of ether oxygens (including phenoxy) is 2. The van der Waals surface area contributed by atoms with E-state index >= 15 is 0 Å². The standard InChI is InChI=1S/C21H28O3/c1-16(15-17-5-9-19(10-6-17)23-14-13-22)24-20-11-7-18(8-12-20)21(2,3)4/h5-12,16,22H,13-15H2,1-4H3/t16-/m1/s1. The largest absolute Gasteiger partial charge is 0.491 e. The maximum atomic E-state index is 8.76. The van der Waals surface area contributed by atoms with Gasteiger partial charge in [-0.3, -0.25) is 0 Å². The van der Waals surface area contributed by atoms with Crippen molar-refractivity contribution in [3.63, 3.8) is 0 Å². The minimum Gasteiger partial charge on any atom is -0.491 e. The fourth-order valence-electron chi connectivity index (χ4n) is 2.52. The summed E-state index contributed by atoms with van der Waals surface area (Å²) in [5.41, 5.74) is 2.66. The van der Waals surface area contributed by atoms with Crippen LogP contribution < -0.4 is 9.47 Å². The molecule has 3 nitrogen and oxygen atoms in total. The number of hydrogen-bond donors (Lipinski definition) is 1. The lowest BCUT2D eigenvalue weighted by Gasteiger charge is -2.20. The zero-order chi connectivity index (χ0) is 17.6. The Morgan fingerprint density at radius 3 is 2.04 bits per heavy atom. The highest BCUT2D eigenvalue weighted by molar-refractivity contribution is 5.31. The first kappa shape index (κ1) is 18.3. The molecule has 0 radical (unpaired) electrons. The van der Waals surface area contributed by atoms with Gasteiger partial charge < -0.3 is 14.6 Å². The van der Waals surface area contributed by atoms with Crippen LogP contribution in [0.5, 0.6) is 11.5 Å². The minimum absolute atomic E-state index is 0.0284. The summed E-state index contributed by atoms with van der Waals surface area (Å²) in [6.07, 6.45) is 0.927. The van der Waals surface area contributed by atoms with Gasteiger partial charge in [0.2, 0.25) is 0 Å². The molecule has 1 atom stereocenters. The molecular weight excluding hydrogens is 300 g/mol. The molecule has 0 bridgehead atoms. The quantitative estimate of drug-likeness (QED) is 0.820. The predicted molar refractivity (Wildman–Crippen MR) is 98.0 cm³/mol. The van der Waals surface area contributed by atoms with Crippen molar-refractivity contribution in [2.45, 2.75) is 45.6 Å². The molecule has 0 aliphatic heterocycles. The fraction of sp³-hybridized carbons (Fsp3) is 0.429. The number of rotatable bonds is 7. The van der Waals surface area contributed by atoms with Gasteiger partial charge in [0.15, 0.2) is 0 Å². The molecule has 0 aromatic heterocycles. The second-order valence-corrected chi connectivity index (χ2v) is 7.12. The molecule has 2 rings (SSSR count). The van der Waals surface area contributed by atoms with E-state index in [0.29, 0.717) is 6.61 Å². The molecule has 0 unspecified atom stereocenters. The van der Waals surface area contributed by atoms with Crippen molar-refractivity contribution >= 4 is 0 Å². The van der Waals surface area contributed by atoms with Crippen molar-refractivity contribution < 1.29 is 14.6 Å². The molecule has 0 saturated heterocycles. The van der Waals surface area contributed by atoms with Crippen LogP contribution >= 0.6 is 0 Å². The van der Waals surface area contributed by atoms with Gasteiger partial charge in [-0.25, -0.2) is 0 Å². The molecule has 0 spiro atoms. The lowest BCUT2D eigenvalue weighted by molar-refractivity contribution is 0.201. The van der Waals surface area contributed by atoms with Crippen molar-refractivity contribution in [1.29, 1.82) is 0 Å². The Bertz CT molecular complexity index is 609. The van der Waals surface area contributed by atoms with Gasteiger partial charge in [0.1, 0.15) is 18.1 Å². The van der Waals surface area contributed by atoms with E-state index in [2.05, 4.69) is 39.8 Å². The SMILES string of the molecule is C[C@H](Cc1ccc(OCCO)cc1)Oc1ccc(C(C)(C)C)cc1. The van der Waals surface area contributed by atoms with Crippen LogP contribution in [0.1, 0.15) is 38.8 Å². The van der Waals surface area contributed by atoms with Crippen molar-refractivity contribution in [1.82, 2.24) is 0 Å². The van der Waals surface area contributed by atoms with E-state index in [1.54, 1.807) is 0 Å². The third-order valence-corrected chi connectivity index (χ3v) is 3.86. The van der Waals surface area contributed by atoms with Crippen LogP contribution in [-0.2, 0) is 11.8 Å². The topological polar surface area (TPSA) is 38.7 Å². The second kappa shape index (κ2) is 8.20. The maximum absolute atomic E-state index is 8.76. The van der Waals surface area contributed by atoms with E-state index < -0.39 is 0 Å². The number of aliphatic hydroxyl groups is 1. The molecule has 2 aromatic rings. The van der Waals surface area contributed by atoms with Crippen molar-refractivity contribution in [2.24, 2.45) is 0 Å². The molecule has 130 valence electrons. The van der Waals surface area contributed by atoms with Crippen LogP contribution in [0.3, 0.4) is 0 Å². The molecule has 0 amide bonds. The molecule has 3 heteroatoms. The van der Waals surface area contributed by atoms with Gasteiger partial charge >= 0.3 is 0 Å². The fourth-order valence-corrected chi connectivity index (χ4v) is 2.52. The van der Waals surface area contributed by atoms with Gasteiger partial charge in [-0.2, -0.15) is 0 Å². The molecule has 24 heavy (non-hydrogen) atoms. The first-order valence-electron chi connectivity index (χ1n) is 8.48.